The maximum absolute atomic E-state index is 6.34. The summed E-state index contributed by atoms with van der Waals surface area (Å²) in [6.45, 7) is 4.16. The summed E-state index contributed by atoms with van der Waals surface area (Å²) in [5.74, 6) is 0.580. The third-order valence-corrected chi connectivity index (χ3v) is 8.29. The van der Waals surface area contributed by atoms with E-state index < -0.39 is 5.66 Å². The number of methoxy groups -OCH3 is 1. The Bertz CT molecular complexity index is 1200. The molecule has 1 aromatic heterocycles. The monoisotopic (exact) mass is 426 g/mol. The first-order valence-electron chi connectivity index (χ1n) is 11.7. The van der Waals surface area contributed by atoms with Gasteiger partial charge >= 0.3 is 0 Å². The fraction of sp³-hybridized carbons (Fsp3) is 0.444. The molecule has 32 heavy (non-hydrogen) atoms. The highest BCUT2D eigenvalue weighted by molar-refractivity contribution is 6.41. The standard InChI is InChI=1S/C27H30N4O/c1-16-4-7-24-22(16)12-20(15-29-24)18-5-6-19-14-26(10-8-21(32-3)9-11-26)27(23(19)13-18)30-17(2)25(28)31-27/h4-6,12-13,15,21H,7-11,14H2,1-3H3,(H2,28,31). The van der Waals surface area contributed by atoms with Gasteiger partial charge in [0.1, 0.15) is 5.84 Å². The molecule has 0 amide bonds. The van der Waals surface area contributed by atoms with Gasteiger partial charge in [0.2, 0.25) is 0 Å². The van der Waals surface area contributed by atoms with Crippen LogP contribution in [0.1, 0.15) is 61.9 Å². The lowest BCUT2D eigenvalue weighted by atomic mass is 9.65. The van der Waals surface area contributed by atoms with Gasteiger partial charge in [0, 0.05) is 36.3 Å². The fourth-order valence-electron chi connectivity index (χ4n) is 6.37. The minimum Gasteiger partial charge on any atom is -0.382 e. The van der Waals surface area contributed by atoms with Crippen molar-refractivity contribution in [3.63, 3.8) is 0 Å². The van der Waals surface area contributed by atoms with E-state index in [1.165, 1.54) is 33.5 Å². The van der Waals surface area contributed by atoms with Crippen molar-refractivity contribution in [1.82, 2.24) is 4.98 Å². The summed E-state index contributed by atoms with van der Waals surface area (Å²) in [7, 11) is 1.82. The lowest BCUT2D eigenvalue weighted by Gasteiger charge is -2.44. The molecule has 1 aliphatic heterocycles. The van der Waals surface area contributed by atoms with Gasteiger partial charge in [-0.05, 0) is 80.3 Å². The summed E-state index contributed by atoms with van der Waals surface area (Å²) in [5.41, 5.74) is 15.2. The van der Waals surface area contributed by atoms with Crippen LogP contribution in [0.2, 0.25) is 0 Å². The number of pyridine rings is 1. The van der Waals surface area contributed by atoms with Gasteiger partial charge in [0.25, 0.3) is 0 Å². The van der Waals surface area contributed by atoms with Crippen molar-refractivity contribution in [1.29, 1.82) is 0 Å². The molecule has 5 nitrogen and oxygen atoms in total. The number of hydrogen-bond donors (Lipinski definition) is 1. The van der Waals surface area contributed by atoms with Crippen molar-refractivity contribution in [2.75, 3.05) is 7.11 Å². The highest BCUT2D eigenvalue weighted by atomic mass is 16.5. The van der Waals surface area contributed by atoms with E-state index in [0.717, 1.165) is 49.8 Å². The van der Waals surface area contributed by atoms with Crippen molar-refractivity contribution in [2.24, 2.45) is 21.1 Å². The number of rotatable bonds is 2. The Hall–Kier alpha value is -2.79. The lowest BCUT2D eigenvalue weighted by molar-refractivity contribution is -0.000372. The largest absolute Gasteiger partial charge is 0.382 e. The van der Waals surface area contributed by atoms with Crippen molar-refractivity contribution in [3.05, 3.63) is 58.9 Å². The Morgan fingerprint density at radius 3 is 2.59 bits per heavy atom. The van der Waals surface area contributed by atoms with Crippen molar-refractivity contribution in [2.45, 2.75) is 64.1 Å². The summed E-state index contributed by atoms with van der Waals surface area (Å²) in [6, 6.07) is 9.12. The van der Waals surface area contributed by atoms with Gasteiger partial charge < -0.3 is 10.5 Å². The van der Waals surface area contributed by atoms with Gasteiger partial charge in [0.15, 0.2) is 5.66 Å². The first kappa shape index (κ1) is 19.9. The van der Waals surface area contributed by atoms with E-state index in [4.69, 9.17) is 25.4 Å². The van der Waals surface area contributed by atoms with Crippen molar-refractivity contribution in [3.8, 4) is 11.1 Å². The number of aliphatic imine (C=N–C) groups is 2. The zero-order chi connectivity index (χ0) is 22.1. The minimum absolute atomic E-state index is 0.0269. The first-order valence-corrected chi connectivity index (χ1v) is 11.7. The number of benzene rings is 1. The molecule has 1 saturated carbocycles. The van der Waals surface area contributed by atoms with E-state index in [9.17, 15) is 0 Å². The molecule has 2 aromatic rings. The van der Waals surface area contributed by atoms with Gasteiger partial charge in [0.05, 0.1) is 17.5 Å². The van der Waals surface area contributed by atoms with E-state index in [0.29, 0.717) is 11.9 Å². The van der Waals surface area contributed by atoms with E-state index in [1.807, 2.05) is 20.2 Å². The third kappa shape index (κ3) is 2.64. The van der Waals surface area contributed by atoms with Gasteiger partial charge in [-0.2, -0.15) is 0 Å². The Kier molecular flexibility index (Phi) is 4.25. The molecular weight excluding hydrogens is 396 g/mol. The molecule has 1 unspecified atom stereocenters. The molecule has 2 spiro atoms. The molecule has 2 heterocycles. The number of fused-ring (bicyclic) bond motifs is 4. The maximum Gasteiger partial charge on any atom is 0.184 e. The molecule has 0 radical (unpaired) electrons. The van der Waals surface area contributed by atoms with Crippen molar-refractivity contribution >= 4 is 17.1 Å². The summed E-state index contributed by atoms with van der Waals surface area (Å²) in [6.07, 6.45) is 10.7. The Labute approximate surface area is 189 Å². The van der Waals surface area contributed by atoms with Gasteiger partial charge in [-0.25, -0.2) is 4.99 Å². The van der Waals surface area contributed by atoms with Crippen LogP contribution in [0, 0.1) is 5.41 Å². The highest BCUT2D eigenvalue weighted by Crippen LogP contribution is 2.62. The van der Waals surface area contributed by atoms with Crippen LogP contribution in [-0.2, 0) is 23.2 Å². The molecule has 0 saturated heterocycles. The van der Waals surface area contributed by atoms with E-state index in [2.05, 4.69) is 37.3 Å². The molecule has 5 heteroatoms. The number of nitrogens with zero attached hydrogens (tertiary/aromatic N) is 3. The van der Waals surface area contributed by atoms with Crippen molar-refractivity contribution < 1.29 is 4.74 Å². The Morgan fingerprint density at radius 1 is 1.06 bits per heavy atom. The van der Waals surface area contributed by atoms with E-state index in [1.54, 1.807) is 0 Å². The van der Waals surface area contributed by atoms with Gasteiger partial charge in [-0.15, -0.1) is 0 Å². The van der Waals surface area contributed by atoms with Crippen LogP contribution in [0.4, 0.5) is 0 Å². The van der Waals surface area contributed by atoms with Crippen LogP contribution in [-0.4, -0.2) is 29.7 Å². The summed E-state index contributed by atoms with van der Waals surface area (Å²) < 4.78 is 5.68. The summed E-state index contributed by atoms with van der Waals surface area (Å²) in [4.78, 5) is 15.0. The molecule has 1 aromatic carbocycles. The predicted molar refractivity (Wildman–Crippen MR) is 129 cm³/mol. The van der Waals surface area contributed by atoms with Crippen LogP contribution in [0.25, 0.3) is 16.7 Å². The number of nitrogens with two attached hydrogens (primary N) is 1. The van der Waals surface area contributed by atoms with Crippen LogP contribution >= 0.6 is 0 Å². The minimum atomic E-state index is -0.606. The number of aromatic nitrogens is 1. The quantitative estimate of drug-likeness (QED) is 0.748. The summed E-state index contributed by atoms with van der Waals surface area (Å²) in [5, 5.41) is 0. The van der Waals surface area contributed by atoms with Gasteiger partial charge in [-0.1, -0.05) is 18.2 Å². The molecule has 0 bridgehead atoms. The third-order valence-electron chi connectivity index (χ3n) is 8.29. The first-order chi connectivity index (χ1) is 15.4. The number of ether oxygens (including phenoxy) is 1. The average molecular weight is 427 g/mol. The summed E-state index contributed by atoms with van der Waals surface area (Å²) >= 11 is 0. The zero-order valence-corrected chi connectivity index (χ0v) is 19.1. The molecule has 3 aliphatic carbocycles. The SMILES string of the molecule is COC1CCC2(CC1)Cc1ccc(-c3cnc4c(c3)C(C)=CC4)cc1C21N=C(C)C(N)=N1. The number of amidine groups is 1. The molecule has 4 aliphatic rings. The Balaban J connectivity index is 1.47. The van der Waals surface area contributed by atoms with Crippen LogP contribution in [0.3, 0.4) is 0 Å². The van der Waals surface area contributed by atoms with E-state index >= 15 is 0 Å². The molecule has 1 fully saturated rings. The zero-order valence-electron chi connectivity index (χ0n) is 19.1. The van der Waals surface area contributed by atoms with Crippen LogP contribution in [0.5, 0.6) is 0 Å². The Morgan fingerprint density at radius 2 is 1.88 bits per heavy atom. The fourth-order valence-corrected chi connectivity index (χ4v) is 6.37. The molecule has 2 N–H and O–H groups in total. The second kappa shape index (κ2) is 6.85. The molecular formula is C27H30N4O. The normalized spacial score (nSPS) is 30.3. The number of hydrogen-bond acceptors (Lipinski definition) is 5. The second-order valence-electron chi connectivity index (χ2n) is 9.94. The second-order valence-corrected chi connectivity index (χ2v) is 9.94. The molecule has 6 rings (SSSR count). The lowest BCUT2D eigenvalue weighted by Crippen LogP contribution is -2.43. The average Bonchev–Trinajstić information content (AvgIpc) is 3.41. The van der Waals surface area contributed by atoms with Crippen LogP contribution in [0.15, 0.2) is 46.5 Å². The maximum atomic E-state index is 6.34. The number of allylic oxidation sites excluding steroid dienone is 2. The predicted octanol–water partition coefficient (Wildman–Crippen LogP) is 4.82. The van der Waals surface area contributed by atoms with E-state index in [-0.39, 0.29) is 5.41 Å². The molecule has 1 atom stereocenters. The topological polar surface area (TPSA) is 72.9 Å². The van der Waals surface area contributed by atoms with Gasteiger partial charge in [-0.3, -0.25) is 9.98 Å². The highest BCUT2D eigenvalue weighted by Gasteiger charge is 2.60. The smallest absolute Gasteiger partial charge is 0.184 e. The molecule has 164 valence electrons. The van der Waals surface area contributed by atoms with Crippen LogP contribution < -0.4 is 5.73 Å².